The average molecular weight is 181 g/mol. The van der Waals surface area contributed by atoms with Crippen LogP contribution in [0.25, 0.3) is 0 Å². The third-order valence-electron chi connectivity index (χ3n) is 2.45. The molecule has 1 rings (SSSR count). The largest absolute Gasteiger partial charge is 0.370 e. The highest BCUT2D eigenvalue weighted by Gasteiger charge is 2.45. The highest BCUT2D eigenvalue weighted by molar-refractivity contribution is 5.05. The van der Waals surface area contributed by atoms with E-state index in [9.17, 15) is 0 Å². The minimum atomic E-state index is -0.231. The van der Waals surface area contributed by atoms with Gasteiger partial charge < -0.3 is 4.74 Å². The molecule has 0 aromatic heterocycles. The summed E-state index contributed by atoms with van der Waals surface area (Å²) in [6.45, 7) is 10.3. The second-order valence-corrected chi connectivity index (χ2v) is 5.65. The number of hydrogen-bond acceptors (Lipinski definition) is 2. The molecule has 0 N–H and O–H groups in total. The first-order valence-corrected chi connectivity index (χ1v) is 4.80. The SMILES string of the molecule is CC1(C#N)CC(C)(C)OC(C)(C)C1. The summed E-state index contributed by atoms with van der Waals surface area (Å²) in [7, 11) is 0. The van der Waals surface area contributed by atoms with Gasteiger partial charge in [0.1, 0.15) is 0 Å². The fourth-order valence-corrected chi connectivity index (χ4v) is 2.84. The van der Waals surface area contributed by atoms with Gasteiger partial charge in [0.25, 0.3) is 0 Å². The zero-order valence-electron chi connectivity index (χ0n) is 9.27. The second-order valence-electron chi connectivity index (χ2n) is 5.65. The zero-order chi connectivity index (χ0) is 10.3. The molecule has 0 spiro atoms. The molecular weight excluding hydrogens is 162 g/mol. The van der Waals surface area contributed by atoms with Gasteiger partial charge in [-0.3, -0.25) is 0 Å². The molecule has 13 heavy (non-hydrogen) atoms. The van der Waals surface area contributed by atoms with Crippen LogP contribution >= 0.6 is 0 Å². The lowest BCUT2D eigenvalue weighted by molar-refractivity contribution is -0.182. The Morgan fingerprint density at radius 2 is 1.38 bits per heavy atom. The number of rotatable bonds is 0. The van der Waals surface area contributed by atoms with Crippen LogP contribution < -0.4 is 0 Å². The lowest BCUT2D eigenvalue weighted by atomic mass is 9.71. The van der Waals surface area contributed by atoms with E-state index < -0.39 is 0 Å². The molecule has 74 valence electrons. The minimum Gasteiger partial charge on any atom is -0.370 e. The van der Waals surface area contributed by atoms with Crippen LogP contribution in [0.5, 0.6) is 0 Å². The summed E-state index contributed by atoms with van der Waals surface area (Å²) in [5, 5.41) is 9.11. The van der Waals surface area contributed by atoms with E-state index in [2.05, 4.69) is 33.8 Å². The predicted molar refractivity (Wildman–Crippen MR) is 52.2 cm³/mol. The number of ether oxygens (including phenoxy) is 1. The van der Waals surface area contributed by atoms with E-state index in [1.54, 1.807) is 0 Å². The third kappa shape index (κ3) is 2.45. The Balaban J connectivity index is 2.92. The summed E-state index contributed by atoms with van der Waals surface area (Å²) in [4.78, 5) is 0. The molecule has 0 aromatic rings. The summed E-state index contributed by atoms with van der Waals surface area (Å²) in [6.07, 6.45) is 1.64. The van der Waals surface area contributed by atoms with E-state index in [1.807, 2.05) is 6.92 Å². The van der Waals surface area contributed by atoms with Crippen molar-refractivity contribution in [2.45, 2.75) is 58.7 Å². The molecule has 0 aliphatic carbocycles. The molecule has 0 atom stereocenters. The maximum Gasteiger partial charge on any atom is 0.0689 e. The summed E-state index contributed by atoms with van der Waals surface area (Å²) >= 11 is 0. The molecule has 2 heteroatoms. The Morgan fingerprint density at radius 3 is 1.69 bits per heavy atom. The van der Waals surface area contributed by atoms with Gasteiger partial charge in [0.05, 0.1) is 22.7 Å². The molecule has 0 bridgehead atoms. The first kappa shape index (κ1) is 10.5. The summed E-state index contributed by atoms with van der Waals surface area (Å²) in [6, 6.07) is 2.41. The maximum absolute atomic E-state index is 9.11. The van der Waals surface area contributed by atoms with Crippen LogP contribution in [-0.2, 0) is 4.74 Å². The molecule has 2 nitrogen and oxygen atoms in total. The van der Waals surface area contributed by atoms with Crippen molar-refractivity contribution in [2.24, 2.45) is 5.41 Å². The first-order valence-electron chi connectivity index (χ1n) is 4.80. The first-order chi connectivity index (χ1) is 5.68. The van der Waals surface area contributed by atoms with Crippen LogP contribution in [0.3, 0.4) is 0 Å². The van der Waals surface area contributed by atoms with Crippen LogP contribution in [0.2, 0.25) is 0 Å². The average Bonchev–Trinajstić information content (AvgIpc) is 1.79. The molecule has 1 fully saturated rings. The van der Waals surface area contributed by atoms with Crippen LogP contribution in [0.1, 0.15) is 47.5 Å². The Morgan fingerprint density at radius 1 is 1.00 bits per heavy atom. The van der Waals surface area contributed by atoms with Crippen LogP contribution in [-0.4, -0.2) is 11.2 Å². The van der Waals surface area contributed by atoms with E-state index in [4.69, 9.17) is 10.00 Å². The molecule has 1 saturated heterocycles. The van der Waals surface area contributed by atoms with E-state index in [0.717, 1.165) is 12.8 Å². The molecule has 0 aromatic carbocycles. The van der Waals surface area contributed by atoms with E-state index in [0.29, 0.717) is 0 Å². The van der Waals surface area contributed by atoms with Crippen molar-refractivity contribution < 1.29 is 4.74 Å². The molecule has 0 unspecified atom stereocenters. The number of nitrogens with zero attached hydrogens (tertiary/aromatic N) is 1. The fraction of sp³-hybridized carbons (Fsp3) is 0.909. The van der Waals surface area contributed by atoms with E-state index in [1.165, 1.54) is 0 Å². The van der Waals surface area contributed by atoms with Gasteiger partial charge in [-0.1, -0.05) is 0 Å². The van der Waals surface area contributed by atoms with Crippen LogP contribution in [0.4, 0.5) is 0 Å². The summed E-state index contributed by atoms with van der Waals surface area (Å²) in [5.74, 6) is 0. The van der Waals surface area contributed by atoms with Gasteiger partial charge in [-0.2, -0.15) is 5.26 Å². The van der Waals surface area contributed by atoms with Crippen molar-refractivity contribution in [3.05, 3.63) is 0 Å². The fourth-order valence-electron chi connectivity index (χ4n) is 2.84. The Labute approximate surface area is 80.9 Å². The van der Waals surface area contributed by atoms with E-state index in [-0.39, 0.29) is 16.6 Å². The van der Waals surface area contributed by atoms with Gasteiger partial charge >= 0.3 is 0 Å². The van der Waals surface area contributed by atoms with Gasteiger partial charge in [-0.25, -0.2) is 0 Å². The molecule has 0 amide bonds. The molecule has 1 heterocycles. The summed E-state index contributed by atoms with van der Waals surface area (Å²) in [5.41, 5.74) is -0.580. The van der Waals surface area contributed by atoms with Gasteiger partial charge in [0, 0.05) is 0 Å². The van der Waals surface area contributed by atoms with Gasteiger partial charge in [0.15, 0.2) is 0 Å². The molecular formula is C11H19NO. The lowest BCUT2D eigenvalue weighted by Crippen LogP contribution is -2.48. The minimum absolute atomic E-state index is 0.174. The standard InChI is InChI=1S/C11H19NO/c1-9(2)6-11(5,8-12)7-10(3,4)13-9/h6-7H2,1-5H3. The number of nitriles is 1. The van der Waals surface area contributed by atoms with Crippen molar-refractivity contribution in [2.75, 3.05) is 0 Å². The lowest BCUT2D eigenvalue weighted by Gasteiger charge is -2.47. The normalized spacial score (nSPS) is 29.2. The summed E-state index contributed by atoms with van der Waals surface area (Å²) < 4.78 is 5.91. The number of hydrogen-bond donors (Lipinski definition) is 0. The zero-order valence-corrected chi connectivity index (χ0v) is 9.27. The molecule has 1 aliphatic rings. The van der Waals surface area contributed by atoms with Crippen LogP contribution in [0, 0.1) is 16.7 Å². The Kier molecular flexibility index (Phi) is 2.20. The van der Waals surface area contributed by atoms with Gasteiger partial charge in [-0.05, 0) is 47.5 Å². The molecule has 1 aliphatic heterocycles. The van der Waals surface area contributed by atoms with Crippen molar-refractivity contribution in [1.82, 2.24) is 0 Å². The quantitative estimate of drug-likeness (QED) is 0.575. The van der Waals surface area contributed by atoms with Crippen LogP contribution in [0.15, 0.2) is 0 Å². The molecule has 0 saturated carbocycles. The monoisotopic (exact) mass is 181 g/mol. The van der Waals surface area contributed by atoms with Gasteiger partial charge in [0.2, 0.25) is 0 Å². The van der Waals surface area contributed by atoms with Crippen molar-refractivity contribution in [3.63, 3.8) is 0 Å². The van der Waals surface area contributed by atoms with Gasteiger partial charge in [-0.15, -0.1) is 0 Å². The Bertz CT molecular complexity index is 231. The van der Waals surface area contributed by atoms with Crippen molar-refractivity contribution in [3.8, 4) is 6.07 Å². The van der Waals surface area contributed by atoms with Crippen molar-refractivity contribution in [1.29, 1.82) is 5.26 Å². The third-order valence-corrected chi connectivity index (χ3v) is 2.45. The highest BCUT2D eigenvalue weighted by Crippen LogP contribution is 2.45. The maximum atomic E-state index is 9.11. The second kappa shape index (κ2) is 2.72. The predicted octanol–water partition coefficient (Wildman–Crippen LogP) is 2.88. The Hall–Kier alpha value is -0.550. The highest BCUT2D eigenvalue weighted by atomic mass is 16.5. The van der Waals surface area contributed by atoms with Crippen molar-refractivity contribution >= 4 is 0 Å². The smallest absolute Gasteiger partial charge is 0.0689 e. The molecule has 0 radical (unpaired) electrons. The van der Waals surface area contributed by atoms with E-state index >= 15 is 0 Å². The topological polar surface area (TPSA) is 33.0 Å².